The Morgan fingerprint density at radius 3 is 2.24 bits per heavy atom. The van der Waals surface area contributed by atoms with E-state index in [2.05, 4.69) is 5.10 Å². The highest BCUT2D eigenvalue weighted by atomic mass is 19.4. The smallest absolute Gasteiger partial charge is 0.396 e. The summed E-state index contributed by atoms with van der Waals surface area (Å²) in [5.41, 5.74) is 2.41. The molecular weight excluding hydrogens is 281 g/mol. The first-order valence-corrected chi connectivity index (χ1v) is 6.60. The fourth-order valence-electron chi connectivity index (χ4n) is 2.50. The molecule has 6 heteroatoms. The maximum absolute atomic E-state index is 12.6. The van der Waals surface area contributed by atoms with Crippen molar-refractivity contribution in [2.45, 2.75) is 32.9 Å². The van der Waals surface area contributed by atoms with Crippen molar-refractivity contribution >= 4 is 0 Å². The fraction of sp³-hybridized carbons (Fsp3) is 0.400. The molecule has 21 heavy (non-hydrogen) atoms. The molecule has 2 aromatic rings. The fourth-order valence-corrected chi connectivity index (χ4v) is 2.50. The van der Waals surface area contributed by atoms with E-state index >= 15 is 0 Å². The Labute approximate surface area is 121 Å². The van der Waals surface area contributed by atoms with Crippen LogP contribution in [0.5, 0.6) is 0 Å². The number of hydrogen-bond donors (Lipinski definition) is 1. The van der Waals surface area contributed by atoms with E-state index in [1.807, 2.05) is 20.8 Å². The van der Waals surface area contributed by atoms with Crippen LogP contribution in [0.1, 0.15) is 35.4 Å². The Balaban J connectivity index is 2.44. The van der Waals surface area contributed by atoms with E-state index in [1.165, 1.54) is 12.1 Å². The average Bonchev–Trinajstić information content (AvgIpc) is 2.72. The average molecular weight is 298 g/mol. The van der Waals surface area contributed by atoms with Crippen LogP contribution < -0.4 is 0 Å². The normalized spacial score (nSPS) is 13.5. The maximum atomic E-state index is 12.6. The summed E-state index contributed by atoms with van der Waals surface area (Å²) in [5.74, 6) is -0.0619. The number of aliphatic hydroxyl groups is 1. The van der Waals surface area contributed by atoms with Crippen LogP contribution >= 0.6 is 0 Å². The molecule has 0 bridgehead atoms. The van der Waals surface area contributed by atoms with Crippen LogP contribution in [0.3, 0.4) is 0 Å². The van der Waals surface area contributed by atoms with Crippen LogP contribution in [0.2, 0.25) is 0 Å². The van der Waals surface area contributed by atoms with Crippen molar-refractivity contribution in [1.82, 2.24) is 9.78 Å². The number of alkyl halides is 3. The monoisotopic (exact) mass is 298 g/mol. The van der Waals surface area contributed by atoms with Crippen LogP contribution in [-0.2, 0) is 6.18 Å². The van der Waals surface area contributed by atoms with Crippen molar-refractivity contribution in [2.24, 2.45) is 0 Å². The molecule has 114 valence electrons. The van der Waals surface area contributed by atoms with Gasteiger partial charge in [-0.05, 0) is 38.1 Å². The second-order valence-corrected chi connectivity index (χ2v) is 5.12. The van der Waals surface area contributed by atoms with Crippen molar-refractivity contribution in [2.75, 3.05) is 6.61 Å². The number of aliphatic hydroxyl groups excluding tert-OH is 1. The second kappa shape index (κ2) is 5.52. The van der Waals surface area contributed by atoms with Gasteiger partial charge in [-0.2, -0.15) is 18.3 Å². The Kier molecular flexibility index (Phi) is 4.09. The van der Waals surface area contributed by atoms with Crippen molar-refractivity contribution in [1.29, 1.82) is 0 Å². The predicted octanol–water partition coefficient (Wildman–Crippen LogP) is 3.60. The molecule has 0 aliphatic carbocycles. The van der Waals surface area contributed by atoms with E-state index in [1.54, 1.807) is 4.68 Å². The van der Waals surface area contributed by atoms with Crippen LogP contribution in [0.4, 0.5) is 13.2 Å². The number of rotatable bonds is 3. The van der Waals surface area contributed by atoms with Crippen molar-refractivity contribution < 1.29 is 18.3 Å². The summed E-state index contributed by atoms with van der Waals surface area (Å²) in [5, 5.41) is 13.6. The van der Waals surface area contributed by atoms with Gasteiger partial charge in [0.1, 0.15) is 0 Å². The maximum Gasteiger partial charge on any atom is 0.416 e. The molecule has 1 atom stereocenters. The minimum absolute atomic E-state index is 0.000382. The van der Waals surface area contributed by atoms with Gasteiger partial charge in [-0.3, -0.25) is 0 Å². The number of nitrogens with zero attached hydrogens (tertiary/aromatic N) is 2. The number of benzene rings is 1. The molecular formula is C15H17F3N2O. The molecule has 3 nitrogen and oxygen atoms in total. The van der Waals surface area contributed by atoms with Crippen LogP contribution in [0, 0.1) is 13.8 Å². The number of hydrogen-bond acceptors (Lipinski definition) is 2. The highest BCUT2D eigenvalue weighted by molar-refractivity contribution is 5.40. The second-order valence-electron chi connectivity index (χ2n) is 5.12. The Hall–Kier alpha value is -1.82. The van der Waals surface area contributed by atoms with Gasteiger partial charge in [0.25, 0.3) is 0 Å². The molecule has 2 rings (SSSR count). The number of aromatic nitrogens is 2. The van der Waals surface area contributed by atoms with E-state index in [0.29, 0.717) is 5.69 Å². The SMILES string of the molecule is Cc1nn(-c2ccc(C(F)(F)F)cc2)c(C)c1C(C)CO. The summed E-state index contributed by atoms with van der Waals surface area (Å²) in [4.78, 5) is 0. The summed E-state index contributed by atoms with van der Waals surface area (Å²) in [6.45, 7) is 5.56. The van der Waals surface area contributed by atoms with E-state index < -0.39 is 11.7 Å². The standard InChI is InChI=1S/C15H17F3N2O/c1-9(8-21)14-10(2)19-20(11(14)3)13-6-4-12(5-7-13)15(16,17)18/h4-7,9,21H,8H2,1-3H3. The van der Waals surface area contributed by atoms with Gasteiger partial charge in [-0.1, -0.05) is 6.92 Å². The third-order valence-electron chi connectivity index (χ3n) is 3.55. The van der Waals surface area contributed by atoms with E-state index in [9.17, 15) is 18.3 Å². The minimum Gasteiger partial charge on any atom is -0.396 e. The van der Waals surface area contributed by atoms with Crippen LogP contribution in [0.15, 0.2) is 24.3 Å². The first-order chi connectivity index (χ1) is 9.75. The van der Waals surface area contributed by atoms with Gasteiger partial charge in [-0.25, -0.2) is 4.68 Å². The Morgan fingerprint density at radius 2 is 1.76 bits per heavy atom. The Morgan fingerprint density at radius 1 is 1.19 bits per heavy atom. The van der Waals surface area contributed by atoms with Crippen molar-refractivity contribution in [3.63, 3.8) is 0 Å². The third kappa shape index (κ3) is 2.95. The molecule has 1 unspecified atom stereocenters. The van der Waals surface area contributed by atoms with Gasteiger partial charge in [0, 0.05) is 23.8 Å². The van der Waals surface area contributed by atoms with E-state index in [-0.39, 0.29) is 12.5 Å². The Bertz CT molecular complexity index is 630. The van der Waals surface area contributed by atoms with Crippen molar-refractivity contribution in [3.8, 4) is 5.69 Å². The molecule has 1 aromatic carbocycles. The summed E-state index contributed by atoms with van der Waals surface area (Å²) in [6.07, 6.45) is -4.34. The van der Waals surface area contributed by atoms with Crippen LogP contribution in [-0.4, -0.2) is 21.5 Å². The quantitative estimate of drug-likeness (QED) is 0.940. The van der Waals surface area contributed by atoms with Gasteiger partial charge in [0.2, 0.25) is 0 Å². The summed E-state index contributed by atoms with van der Waals surface area (Å²) in [7, 11) is 0. The largest absolute Gasteiger partial charge is 0.416 e. The molecule has 0 aliphatic rings. The zero-order valence-corrected chi connectivity index (χ0v) is 12.1. The lowest BCUT2D eigenvalue weighted by Crippen LogP contribution is -2.06. The molecule has 0 radical (unpaired) electrons. The zero-order chi connectivity index (χ0) is 15.8. The summed E-state index contributed by atoms with van der Waals surface area (Å²) < 4.78 is 39.3. The minimum atomic E-state index is -4.34. The van der Waals surface area contributed by atoms with Gasteiger partial charge in [0.15, 0.2) is 0 Å². The topological polar surface area (TPSA) is 38.0 Å². The zero-order valence-electron chi connectivity index (χ0n) is 12.1. The molecule has 1 heterocycles. The van der Waals surface area contributed by atoms with Gasteiger partial charge >= 0.3 is 6.18 Å². The molecule has 0 aliphatic heterocycles. The number of halogens is 3. The first kappa shape index (κ1) is 15.6. The lowest BCUT2D eigenvalue weighted by atomic mass is 10.0. The van der Waals surface area contributed by atoms with Crippen molar-refractivity contribution in [3.05, 3.63) is 46.8 Å². The van der Waals surface area contributed by atoms with Crippen LogP contribution in [0.25, 0.3) is 5.69 Å². The van der Waals surface area contributed by atoms with Gasteiger partial charge in [0.05, 0.1) is 16.9 Å². The molecule has 0 amide bonds. The lowest BCUT2D eigenvalue weighted by molar-refractivity contribution is -0.137. The first-order valence-electron chi connectivity index (χ1n) is 6.60. The molecule has 0 saturated carbocycles. The molecule has 0 fully saturated rings. The third-order valence-corrected chi connectivity index (χ3v) is 3.55. The summed E-state index contributed by atoms with van der Waals surface area (Å²) in [6, 6.07) is 4.88. The molecule has 1 N–H and O–H groups in total. The highest BCUT2D eigenvalue weighted by Gasteiger charge is 2.30. The van der Waals surface area contributed by atoms with Gasteiger partial charge in [-0.15, -0.1) is 0 Å². The van der Waals surface area contributed by atoms with E-state index in [0.717, 1.165) is 29.1 Å². The molecule has 0 spiro atoms. The summed E-state index contributed by atoms with van der Waals surface area (Å²) >= 11 is 0. The highest BCUT2D eigenvalue weighted by Crippen LogP contribution is 2.30. The molecule has 1 aromatic heterocycles. The van der Waals surface area contributed by atoms with E-state index in [4.69, 9.17) is 0 Å². The molecule has 0 saturated heterocycles. The van der Waals surface area contributed by atoms with Gasteiger partial charge < -0.3 is 5.11 Å². The lowest BCUT2D eigenvalue weighted by Gasteiger charge is -2.11. The number of aryl methyl sites for hydroxylation is 1. The predicted molar refractivity (Wildman–Crippen MR) is 73.5 cm³/mol.